The first-order chi connectivity index (χ1) is 12.3. The van der Waals surface area contributed by atoms with Gasteiger partial charge in [-0.15, -0.1) is 0 Å². The number of carboxylic acids is 1. The number of aromatic nitrogens is 1. The number of benzene rings is 2. The van der Waals surface area contributed by atoms with E-state index in [1.54, 1.807) is 6.07 Å². The van der Waals surface area contributed by atoms with Crippen LogP contribution < -0.4 is 4.74 Å². The van der Waals surface area contributed by atoms with E-state index >= 15 is 0 Å². The lowest BCUT2D eigenvalue weighted by Crippen LogP contribution is -1.98. The molecule has 1 aromatic heterocycles. The topological polar surface area (TPSA) is 62.3 Å². The SMILES string of the molecule is CC(C)c1c[nH]c2ccc(Oc3c(Cl)cc(CCC(=O)O)cc3Br)cc12. The number of halogens is 2. The van der Waals surface area contributed by atoms with E-state index in [0.29, 0.717) is 33.3 Å². The zero-order valence-corrected chi connectivity index (χ0v) is 16.8. The highest BCUT2D eigenvalue weighted by molar-refractivity contribution is 9.10. The number of fused-ring (bicyclic) bond motifs is 1. The summed E-state index contributed by atoms with van der Waals surface area (Å²) in [6.07, 6.45) is 2.51. The zero-order valence-electron chi connectivity index (χ0n) is 14.5. The van der Waals surface area contributed by atoms with E-state index in [1.807, 2.05) is 30.5 Å². The van der Waals surface area contributed by atoms with Crippen molar-refractivity contribution in [3.8, 4) is 11.5 Å². The number of aliphatic carboxylic acids is 1. The molecule has 0 bridgehead atoms. The lowest BCUT2D eigenvalue weighted by atomic mass is 10.0. The lowest BCUT2D eigenvalue weighted by molar-refractivity contribution is -0.136. The number of nitrogens with one attached hydrogen (secondary N) is 1. The number of ether oxygens (including phenoxy) is 1. The normalized spacial score (nSPS) is 11.3. The van der Waals surface area contributed by atoms with Crippen molar-refractivity contribution in [2.24, 2.45) is 0 Å². The van der Waals surface area contributed by atoms with Gasteiger partial charge in [-0.25, -0.2) is 0 Å². The van der Waals surface area contributed by atoms with Crippen LogP contribution in [0.1, 0.15) is 37.3 Å². The van der Waals surface area contributed by atoms with Gasteiger partial charge in [-0.1, -0.05) is 25.4 Å². The number of carbonyl (C=O) groups is 1. The van der Waals surface area contributed by atoms with Crippen molar-refractivity contribution in [3.05, 3.63) is 57.2 Å². The Morgan fingerprint density at radius 2 is 2.08 bits per heavy atom. The predicted octanol–water partition coefficient (Wildman–Crippen LogP) is 6.52. The third-order valence-corrected chi connectivity index (χ3v) is 5.08. The van der Waals surface area contributed by atoms with Crippen LogP contribution in [0, 0.1) is 0 Å². The zero-order chi connectivity index (χ0) is 18.8. The second kappa shape index (κ2) is 7.72. The molecule has 1 heterocycles. The van der Waals surface area contributed by atoms with Gasteiger partial charge in [0.1, 0.15) is 5.75 Å². The second-order valence-electron chi connectivity index (χ2n) is 6.49. The Morgan fingerprint density at radius 1 is 1.31 bits per heavy atom. The summed E-state index contributed by atoms with van der Waals surface area (Å²) in [7, 11) is 0. The molecule has 0 radical (unpaired) electrons. The standard InChI is InChI=1S/C20H19BrClNO3/c1-11(2)15-10-23-18-5-4-13(9-14(15)18)26-20-16(21)7-12(8-17(20)22)3-6-19(24)25/h4-5,7-11,23H,3,6H2,1-2H3,(H,24,25). The van der Waals surface area contributed by atoms with Crippen LogP contribution in [0.3, 0.4) is 0 Å². The molecule has 0 saturated heterocycles. The van der Waals surface area contributed by atoms with Gasteiger partial charge in [-0.3, -0.25) is 4.79 Å². The quantitative estimate of drug-likeness (QED) is 0.462. The van der Waals surface area contributed by atoms with Crippen LogP contribution >= 0.6 is 27.5 Å². The summed E-state index contributed by atoms with van der Waals surface area (Å²) in [4.78, 5) is 14.0. The van der Waals surface area contributed by atoms with Crippen molar-refractivity contribution >= 4 is 44.4 Å². The van der Waals surface area contributed by atoms with Crippen LogP contribution in [0.15, 0.2) is 41.0 Å². The first-order valence-electron chi connectivity index (χ1n) is 8.33. The van der Waals surface area contributed by atoms with Crippen LogP contribution in [0.5, 0.6) is 11.5 Å². The Morgan fingerprint density at radius 3 is 2.73 bits per heavy atom. The fourth-order valence-corrected chi connectivity index (χ4v) is 3.87. The molecule has 0 atom stereocenters. The number of H-pyrrole nitrogens is 1. The summed E-state index contributed by atoms with van der Waals surface area (Å²) in [6, 6.07) is 9.48. The summed E-state index contributed by atoms with van der Waals surface area (Å²) < 4.78 is 6.72. The Bertz CT molecular complexity index is 942. The highest BCUT2D eigenvalue weighted by atomic mass is 79.9. The molecule has 0 amide bonds. The summed E-state index contributed by atoms with van der Waals surface area (Å²) in [5.41, 5.74) is 3.15. The van der Waals surface area contributed by atoms with E-state index < -0.39 is 5.97 Å². The number of hydrogen-bond donors (Lipinski definition) is 2. The Kier molecular flexibility index (Phi) is 5.58. The van der Waals surface area contributed by atoms with Crippen molar-refractivity contribution in [2.45, 2.75) is 32.6 Å². The number of aryl methyl sites for hydroxylation is 1. The first kappa shape index (κ1) is 18.8. The lowest BCUT2D eigenvalue weighted by Gasteiger charge is -2.12. The van der Waals surface area contributed by atoms with Gasteiger partial charge in [0.15, 0.2) is 5.75 Å². The Labute approximate surface area is 165 Å². The molecule has 3 aromatic rings. The molecule has 0 aliphatic rings. The van der Waals surface area contributed by atoms with Crippen LogP contribution in [-0.4, -0.2) is 16.1 Å². The molecule has 6 heteroatoms. The molecule has 136 valence electrons. The maximum atomic E-state index is 10.7. The molecular formula is C20H19BrClNO3. The van der Waals surface area contributed by atoms with Gasteiger partial charge >= 0.3 is 5.97 Å². The van der Waals surface area contributed by atoms with Crippen molar-refractivity contribution < 1.29 is 14.6 Å². The molecule has 0 unspecified atom stereocenters. The minimum Gasteiger partial charge on any atom is -0.481 e. The number of carboxylic acid groups (broad SMARTS) is 1. The molecule has 0 aliphatic heterocycles. The maximum Gasteiger partial charge on any atom is 0.303 e. The molecular weight excluding hydrogens is 418 g/mol. The molecule has 2 aromatic carbocycles. The molecule has 4 nitrogen and oxygen atoms in total. The number of hydrogen-bond acceptors (Lipinski definition) is 2. The Hall–Kier alpha value is -1.98. The van der Waals surface area contributed by atoms with E-state index in [9.17, 15) is 4.79 Å². The van der Waals surface area contributed by atoms with E-state index in [-0.39, 0.29) is 6.42 Å². The van der Waals surface area contributed by atoms with Crippen molar-refractivity contribution in [3.63, 3.8) is 0 Å². The van der Waals surface area contributed by atoms with Gasteiger partial charge in [0.2, 0.25) is 0 Å². The van der Waals surface area contributed by atoms with Gasteiger partial charge in [-0.2, -0.15) is 0 Å². The van der Waals surface area contributed by atoms with Crippen LogP contribution in [0.4, 0.5) is 0 Å². The number of aromatic amines is 1. The third kappa shape index (κ3) is 4.05. The molecule has 26 heavy (non-hydrogen) atoms. The smallest absolute Gasteiger partial charge is 0.303 e. The van der Waals surface area contributed by atoms with E-state index in [0.717, 1.165) is 16.5 Å². The van der Waals surface area contributed by atoms with Gasteiger partial charge < -0.3 is 14.8 Å². The maximum absolute atomic E-state index is 10.7. The second-order valence-corrected chi connectivity index (χ2v) is 7.75. The summed E-state index contributed by atoms with van der Waals surface area (Å²) in [5, 5.41) is 10.4. The van der Waals surface area contributed by atoms with Crippen molar-refractivity contribution in [1.29, 1.82) is 0 Å². The molecule has 0 aliphatic carbocycles. The van der Waals surface area contributed by atoms with Gasteiger partial charge in [0.05, 0.1) is 9.50 Å². The minimum atomic E-state index is -0.835. The summed E-state index contributed by atoms with van der Waals surface area (Å²) >= 11 is 9.85. The van der Waals surface area contributed by atoms with Crippen molar-refractivity contribution in [1.82, 2.24) is 4.98 Å². The van der Waals surface area contributed by atoms with E-state index in [4.69, 9.17) is 21.4 Å². The van der Waals surface area contributed by atoms with Gasteiger partial charge in [0, 0.05) is 23.5 Å². The average Bonchev–Trinajstić information content (AvgIpc) is 2.99. The van der Waals surface area contributed by atoms with E-state index in [2.05, 4.69) is 34.8 Å². The van der Waals surface area contributed by atoms with Crippen LogP contribution in [0.25, 0.3) is 10.9 Å². The monoisotopic (exact) mass is 435 g/mol. The largest absolute Gasteiger partial charge is 0.481 e. The average molecular weight is 437 g/mol. The third-order valence-electron chi connectivity index (χ3n) is 4.21. The minimum absolute atomic E-state index is 0.0606. The fraction of sp³-hybridized carbons (Fsp3) is 0.250. The summed E-state index contributed by atoms with van der Waals surface area (Å²) in [5.74, 6) is 0.785. The molecule has 2 N–H and O–H groups in total. The van der Waals surface area contributed by atoms with Gasteiger partial charge in [-0.05, 0) is 69.7 Å². The summed E-state index contributed by atoms with van der Waals surface area (Å²) in [6.45, 7) is 4.30. The highest BCUT2D eigenvalue weighted by Crippen LogP contribution is 2.39. The first-order valence-corrected chi connectivity index (χ1v) is 9.51. The molecule has 0 spiro atoms. The van der Waals surface area contributed by atoms with Crippen LogP contribution in [-0.2, 0) is 11.2 Å². The predicted molar refractivity (Wildman–Crippen MR) is 108 cm³/mol. The number of rotatable bonds is 6. The van der Waals surface area contributed by atoms with Crippen molar-refractivity contribution in [2.75, 3.05) is 0 Å². The fourth-order valence-electron chi connectivity index (χ4n) is 2.89. The van der Waals surface area contributed by atoms with Gasteiger partial charge in [0.25, 0.3) is 0 Å². The molecule has 0 fully saturated rings. The van der Waals surface area contributed by atoms with E-state index in [1.165, 1.54) is 5.56 Å². The highest BCUT2D eigenvalue weighted by Gasteiger charge is 2.13. The van der Waals surface area contributed by atoms with Crippen LogP contribution in [0.2, 0.25) is 5.02 Å². The molecule has 3 rings (SSSR count). The Balaban J connectivity index is 1.89. The molecule has 0 saturated carbocycles.